The summed E-state index contributed by atoms with van der Waals surface area (Å²) in [6, 6.07) is 0. The number of amides is 1. The van der Waals surface area contributed by atoms with Crippen LogP contribution in [0.2, 0.25) is 0 Å². The quantitative estimate of drug-likeness (QED) is 0.794. The predicted octanol–water partition coefficient (Wildman–Crippen LogP) is -0.0584. The maximum atomic E-state index is 11.5. The average Bonchev–Trinajstić information content (AvgIpc) is 2.85. The van der Waals surface area contributed by atoms with Crippen LogP contribution in [0.25, 0.3) is 0 Å². The molecule has 2 aromatic heterocycles. The SMILES string of the molecule is Cc1cnc(CNC(=O)Cn2cnc(N)n2)s1. The van der Waals surface area contributed by atoms with Crippen LogP contribution in [0.1, 0.15) is 9.88 Å². The second-order valence-electron chi connectivity index (χ2n) is 3.44. The molecule has 8 heteroatoms. The largest absolute Gasteiger partial charge is 0.367 e. The molecule has 17 heavy (non-hydrogen) atoms. The molecular formula is C9H12N6OS. The van der Waals surface area contributed by atoms with Gasteiger partial charge in [0.05, 0.1) is 6.54 Å². The standard InChI is InChI=1S/C9H12N6OS/c1-6-2-12-8(17-6)3-11-7(16)4-15-5-13-9(10)14-15/h2,5H,3-4H2,1H3,(H2,10,14)(H,11,16). The molecule has 7 nitrogen and oxygen atoms in total. The number of rotatable bonds is 4. The second kappa shape index (κ2) is 4.91. The van der Waals surface area contributed by atoms with Crippen molar-refractivity contribution in [2.45, 2.75) is 20.0 Å². The van der Waals surface area contributed by atoms with Crippen LogP contribution in [0, 0.1) is 6.92 Å². The van der Waals surface area contributed by atoms with Gasteiger partial charge in [-0.05, 0) is 6.92 Å². The lowest BCUT2D eigenvalue weighted by atomic mass is 10.5. The van der Waals surface area contributed by atoms with Gasteiger partial charge in [0.15, 0.2) is 0 Å². The van der Waals surface area contributed by atoms with Gasteiger partial charge in [-0.25, -0.2) is 14.6 Å². The number of aromatic nitrogens is 4. The number of nitrogens with zero attached hydrogens (tertiary/aromatic N) is 4. The molecule has 0 atom stereocenters. The van der Waals surface area contributed by atoms with Crippen molar-refractivity contribution >= 4 is 23.2 Å². The van der Waals surface area contributed by atoms with Gasteiger partial charge in [0.2, 0.25) is 11.9 Å². The van der Waals surface area contributed by atoms with Crippen molar-refractivity contribution < 1.29 is 4.79 Å². The third-order valence-electron chi connectivity index (χ3n) is 1.97. The third-order valence-corrected chi connectivity index (χ3v) is 2.88. The molecule has 0 radical (unpaired) electrons. The molecule has 0 aliphatic rings. The number of nitrogen functional groups attached to an aromatic ring is 1. The Morgan fingerprint density at radius 1 is 1.59 bits per heavy atom. The van der Waals surface area contributed by atoms with Gasteiger partial charge in [-0.3, -0.25) is 4.79 Å². The van der Waals surface area contributed by atoms with E-state index in [1.54, 1.807) is 17.5 Å². The summed E-state index contributed by atoms with van der Waals surface area (Å²) in [6.45, 7) is 2.51. The molecule has 2 aromatic rings. The second-order valence-corrected chi connectivity index (χ2v) is 4.76. The van der Waals surface area contributed by atoms with Crippen molar-refractivity contribution in [1.82, 2.24) is 25.1 Å². The van der Waals surface area contributed by atoms with Crippen molar-refractivity contribution in [3.05, 3.63) is 22.4 Å². The summed E-state index contributed by atoms with van der Waals surface area (Å²) < 4.78 is 1.39. The zero-order chi connectivity index (χ0) is 12.3. The van der Waals surface area contributed by atoms with Gasteiger partial charge in [-0.1, -0.05) is 0 Å². The molecule has 0 saturated heterocycles. The van der Waals surface area contributed by atoms with Gasteiger partial charge in [0.25, 0.3) is 0 Å². The van der Waals surface area contributed by atoms with Crippen molar-refractivity contribution in [2.24, 2.45) is 0 Å². The van der Waals surface area contributed by atoms with E-state index in [2.05, 4.69) is 20.4 Å². The minimum Gasteiger partial charge on any atom is -0.367 e. The molecule has 0 aliphatic heterocycles. The Morgan fingerprint density at radius 3 is 3.00 bits per heavy atom. The first-order valence-electron chi connectivity index (χ1n) is 4.96. The molecular weight excluding hydrogens is 240 g/mol. The fraction of sp³-hybridized carbons (Fsp3) is 0.333. The molecule has 0 unspecified atom stereocenters. The van der Waals surface area contributed by atoms with Crippen LogP contribution in [0.15, 0.2) is 12.5 Å². The van der Waals surface area contributed by atoms with Crippen molar-refractivity contribution in [3.63, 3.8) is 0 Å². The van der Waals surface area contributed by atoms with E-state index in [9.17, 15) is 4.79 Å². The van der Waals surface area contributed by atoms with Crippen molar-refractivity contribution in [3.8, 4) is 0 Å². The van der Waals surface area contributed by atoms with E-state index >= 15 is 0 Å². The van der Waals surface area contributed by atoms with E-state index in [4.69, 9.17) is 5.73 Å². The Balaban J connectivity index is 1.82. The minimum atomic E-state index is -0.150. The Bertz CT molecular complexity index is 519. The summed E-state index contributed by atoms with van der Waals surface area (Å²) in [4.78, 5) is 20.5. The number of aryl methyl sites for hydroxylation is 1. The fourth-order valence-electron chi connectivity index (χ4n) is 1.25. The van der Waals surface area contributed by atoms with Crippen molar-refractivity contribution in [2.75, 3.05) is 5.73 Å². The number of nitrogens with one attached hydrogen (secondary N) is 1. The van der Waals surface area contributed by atoms with Gasteiger partial charge in [-0.15, -0.1) is 16.4 Å². The molecule has 0 aliphatic carbocycles. The van der Waals surface area contributed by atoms with Crippen LogP contribution in [0.3, 0.4) is 0 Å². The summed E-state index contributed by atoms with van der Waals surface area (Å²) in [7, 11) is 0. The monoisotopic (exact) mass is 252 g/mol. The van der Waals surface area contributed by atoms with Crippen LogP contribution in [0.4, 0.5) is 5.95 Å². The van der Waals surface area contributed by atoms with E-state index in [-0.39, 0.29) is 18.4 Å². The fourth-order valence-corrected chi connectivity index (χ4v) is 1.97. The van der Waals surface area contributed by atoms with Gasteiger partial charge in [0, 0.05) is 11.1 Å². The molecule has 0 spiro atoms. The number of thiazole rings is 1. The lowest BCUT2D eigenvalue weighted by molar-refractivity contribution is -0.122. The normalized spacial score (nSPS) is 10.4. The zero-order valence-electron chi connectivity index (χ0n) is 9.25. The smallest absolute Gasteiger partial charge is 0.242 e. The Kier molecular flexibility index (Phi) is 3.33. The first kappa shape index (κ1) is 11.5. The summed E-state index contributed by atoms with van der Waals surface area (Å²) in [5, 5.41) is 7.45. The minimum absolute atomic E-state index is 0.106. The van der Waals surface area contributed by atoms with E-state index < -0.39 is 0 Å². The van der Waals surface area contributed by atoms with E-state index in [0.717, 1.165) is 9.88 Å². The highest BCUT2D eigenvalue weighted by molar-refractivity contribution is 7.11. The van der Waals surface area contributed by atoms with Gasteiger partial charge in [0.1, 0.15) is 17.9 Å². The Hall–Kier alpha value is -1.96. The molecule has 3 N–H and O–H groups in total. The number of anilines is 1. The lowest BCUT2D eigenvalue weighted by Crippen LogP contribution is -2.27. The molecule has 0 bridgehead atoms. The predicted molar refractivity (Wildman–Crippen MR) is 63.1 cm³/mol. The van der Waals surface area contributed by atoms with Crippen LogP contribution in [0.5, 0.6) is 0 Å². The maximum Gasteiger partial charge on any atom is 0.242 e. The molecule has 90 valence electrons. The number of hydrogen-bond donors (Lipinski definition) is 2. The average molecular weight is 252 g/mol. The summed E-state index contributed by atoms with van der Waals surface area (Å²) in [5.74, 6) is 0.0103. The Morgan fingerprint density at radius 2 is 2.41 bits per heavy atom. The highest BCUT2D eigenvalue weighted by Crippen LogP contribution is 2.10. The molecule has 2 heterocycles. The van der Waals surface area contributed by atoms with Crippen LogP contribution < -0.4 is 11.1 Å². The molecule has 0 saturated carbocycles. The molecule has 0 fully saturated rings. The van der Waals surface area contributed by atoms with Crippen LogP contribution >= 0.6 is 11.3 Å². The first-order valence-corrected chi connectivity index (χ1v) is 5.78. The van der Waals surface area contributed by atoms with E-state index in [1.165, 1.54) is 11.0 Å². The van der Waals surface area contributed by atoms with Gasteiger partial charge in [-0.2, -0.15) is 0 Å². The number of hydrogen-bond acceptors (Lipinski definition) is 6. The zero-order valence-corrected chi connectivity index (χ0v) is 10.1. The molecule has 2 rings (SSSR count). The van der Waals surface area contributed by atoms with Crippen molar-refractivity contribution in [1.29, 1.82) is 0 Å². The number of nitrogens with two attached hydrogens (primary N) is 1. The molecule has 0 aromatic carbocycles. The van der Waals surface area contributed by atoms with Gasteiger partial charge >= 0.3 is 0 Å². The third kappa shape index (κ3) is 3.25. The lowest BCUT2D eigenvalue weighted by Gasteiger charge is -2.02. The summed E-state index contributed by atoms with van der Waals surface area (Å²) in [5.41, 5.74) is 5.34. The Labute approximate surface area is 102 Å². The van der Waals surface area contributed by atoms with Gasteiger partial charge < -0.3 is 11.1 Å². The van der Waals surface area contributed by atoms with Crippen LogP contribution in [-0.4, -0.2) is 25.7 Å². The first-order chi connectivity index (χ1) is 8.13. The van der Waals surface area contributed by atoms with E-state index in [0.29, 0.717) is 6.54 Å². The highest BCUT2D eigenvalue weighted by atomic mass is 32.1. The van der Waals surface area contributed by atoms with E-state index in [1.807, 2.05) is 6.92 Å². The topological polar surface area (TPSA) is 98.7 Å². The van der Waals surface area contributed by atoms with Crippen LogP contribution in [-0.2, 0) is 17.9 Å². The maximum absolute atomic E-state index is 11.5. The number of carbonyl (C=O) groups is 1. The molecule has 1 amide bonds. The number of carbonyl (C=O) groups excluding carboxylic acids is 1. The summed E-state index contributed by atoms with van der Waals surface area (Å²) >= 11 is 1.56. The summed E-state index contributed by atoms with van der Waals surface area (Å²) in [6.07, 6.45) is 3.20. The highest BCUT2D eigenvalue weighted by Gasteiger charge is 2.05.